The minimum Gasteiger partial charge on any atom is -0.487 e. The van der Waals surface area contributed by atoms with Gasteiger partial charge in [-0.15, -0.1) is 0 Å². The zero-order valence-corrected chi connectivity index (χ0v) is 9.91. The summed E-state index contributed by atoms with van der Waals surface area (Å²) in [7, 11) is 0. The van der Waals surface area contributed by atoms with Crippen LogP contribution in [-0.2, 0) is 6.61 Å². The van der Waals surface area contributed by atoms with Gasteiger partial charge in [-0.05, 0) is 24.6 Å². The Balaban J connectivity index is 2.16. The summed E-state index contributed by atoms with van der Waals surface area (Å²) in [5.41, 5.74) is 6.70. The summed E-state index contributed by atoms with van der Waals surface area (Å²) in [6.45, 7) is 1.67. The molecule has 2 nitrogen and oxygen atoms in total. The van der Waals surface area contributed by atoms with Gasteiger partial charge in [-0.25, -0.2) is 8.78 Å². The van der Waals surface area contributed by atoms with E-state index in [0.29, 0.717) is 16.9 Å². The summed E-state index contributed by atoms with van der Waals surface area (Å²) in [4.78, 5) is 0. The van der Waals surface area contributed by atoms with E-state index in [1.165, 1.54) is 18.2 Å². The van der Waals surface area contributed by atoms with Crippen LogP contribution in [0.3, 0.4) is 0 Å². The number of hydrogen-bond donors (Lipinski definition) is 1. The van der Waals surface area contributed by atoms with Crippen LogP contribution in [-0.4, -0.2) is 0 Å². The van der Waals surface area contributed by atoms with Gasteiger partial charge < -0.3 is 10.5 Å². The molecule has 4 heteroatoms. The second-order valence-electron chi connectivity index (χ2n) is 4.02. The summed E-state index contributed by atoms with van der Waals surface area (Å²) in [6.07, 6.45) is 0. The summed E-state index contributed by atoms with van der Waals surface area (Å²) in [5, 5.41) is 0. The van der Waals surface area contributed by atoms with Crippen LogP contribution in [0.25, 0.3) is 0 Å². The lowest BCUT2D eigenvalue weighted by Crippen LogP contribution is -2.02. The number of anilines is 1. The van der Waals surface area contributed by atoms with Crippen molar-refractivity contribution in [2.75, 3.05) is 5.73 Å². The minimum atomic E-state index is -0.384. The number of nitrogens with two attached hydrogens (primary N) is 1. The van der Waals surface area contributed by atoms with Gasteiger partial charge in [0.15, 0.2) is 0 Å². The molecular weight excluding hydrogens is 236 g/mol. The molecule has 0 aromatic heterocycles. The Morgan fingerprint density at radius 2 is 1.83 bits per heavy atom. The predicted molar refractivity (Wildman–Crippen MR) is 66.3 cm³/mol. The first-order valence-electron chi connectivity index (χ1n) is 5.50. The van der Waals surface area contributed by atoms with Crippen LogP contribution < -0.4 is 10.5 Å². The first kappa shape index (κ1) is 12.4. The molecule has 0 unspecified atom stereocenters. The Labute approximate surface area is 104 Å². The van der Waals surface area contributed by atoms with Crippen molar-refractivity contribution in [2.45, 2.75) is 13.5 Å². The molecule has 0 aliphatic rings. The topological polar surface area (TPSA) is 35.2 Å². The zero-order chi connectivity index (χ0) is 13.1. The molecule has 0 aliphatic heterocycles. The fraction of sp³-hybridized carbons (Fsp3) is 0.143. The third kappa shape index (κ3) is 2.59. The van der Waals surface area contributed by atoms with Gasteiger partial charge in [-0.3, -0.25) is 0 Å². The summed E-state index contributed by atoms with van der Waals surface area (Å²) in [6, 6.07) is 9.02. The van der Waals surface area contributed by atoms with E-state index in [4.69, 9.17) is 10.5 Å². The van der Waals surface area contributed by atoms with E-state index in [1.54, 1.807) is 25.1 Å². The first-order chi connectivity index (χ1) is 8.58. The number of ether oxygens (including phenoxy) is 1. The summed E-state index contributed by atoms with van der Waals surface area (Å²) < 4.78 is 32.0. The van der Waals surface area contributed by atoms with Gasteiger partial charge in [0, 0.05) is 11.6 Å². The lowest BCUT2D eigenvalue weighted by atomic mass is 10.2. The molecule has 0 aliphatic carbocycles. The molecule has 0 fully saturated rings. The average molecular weight is 249 g/mol. The molecule has 0 spiro atoms. The Morgan fingerprint density at radius 3 is 2.56 bits per heavy atom. The Bertz CT molecular complexity index is 570. The van der Waals surface area contributed by atoms with E-state index in [1.807, 2.05) is 0 Å². The second-order valence-corrected chi connectivity index (χ2v) is 4.02. The molecule has 0 bridgehead atoms. The van der Waals surface area contributed by atoms with Crippen LogP contribution in [0.15, 0.2) is 36.4 Å². The van der Waals surface area contributed by atoms with Gasteiger partial charge in [0.1, 0.15) is 24.0 Å². The third-order valence-electron chi connectivity index (χ3n) is 2.63. The molecule has 94 valence electrons. The lowest BCUT2D eigenvalue weighted by molar-refractivity contribution is 0.301. The highest BCUT2D eigenvalue weighted by molar-refractivity contribution is 5.54. The van der Waals surface area contributed by atoms with Crippen LogP contribution >= 0.6 is 0 Å². The molecule has 2 rings (SSSR count). The normalized spacial score (nSPS) is 10.4. The smallest absolute Gasteiger partial charge is 0.143 e. The highest BCUT2D eigenvalue weighted by atomic mass is 19.1. The molecule has 0 saturated heterocycles. The number of hydrogen-bond acceptors (Lipinski definition) is 2. The second kappa shape index (κ2) is 5.04. The van der Waals surface area contributed by atoms with Crippen LogP contribution in [0, 0.1) is 18.6 Å². The number of nitrogen functional groups attached to an aromatic ring is 1. The summed E-state index contributed by atoms with van der Waals surface area (Å²) >= 11 is 0. The molecule has 0 atom stereocenters. The highest BCUT2D eigenvalue weighted by Gasteiger charge is 2.07. The SMILES string of the molecule is Cc1cc(OCc2ccccc2F)c(N)cc1F. The van der Waals surface area contributed by atoms with E-state index in [9.17, 15) is 8.78 Å². The van der Waals surface area contributed by atoms with Crippen molar-refractivity contribution < 1.29 is 13.5 Å². The van der Waals surface area contributed by atoms with E-state index >= 15 is 0 Å². The van der Waals surface area contributed by atoms with E-state index in [2.05, 4.69) is 0 Å². The van der Waals surface area contributed by atoms with E-state index < -0.39 is 0 Å². The van der Waals surface area contributed by atoms with Gasteiger partial charge >= 0.3 is 0 Å². The molecule has 18 heavy (non-hydrogen) atoms. The Morgan fingerprint density at radius 1 is 1.11 bits per heavy atom. The Kier molecular flexibility index (Phi) is 3.46. The highest BCUT2D eigenvalue weighted by Crippen LogP contribution is 2.26. The van der Waals surface area contributed by atoms with E-state index in [0.717, 1.165) is 0 Å². The predicted octanol–water partition coefficient (Wildman–Crippen LogP) is 3.43. The molecule has 0 heterocycles. The number of halogens is 2. The van der Waals surface area contributed by atoms with Gasteiger partial charge in [-0.2, -0.15) is 0 Å². The zero-order valence-electron chi connectivity index (χ0n) is 9.91. The maximum atomic E-state index is 13.4. The van der Waals surface area contributed by atoms with Crippen molar-refractivity contribution in [1.82, 2.24) is 0 Å². The van der Waals surface area contributed by atoms with Gasteiger partial charge in [0.05, 0.1) is 5.69 Å². The Hall–Kier alpha value is -2.10. The maximum Gasteiger partial charge on any atom is 0.143 e. The van der Waals surface area contributed by atoms with Crippen molar-refractivity contribution in [3.05, 3.63) is 59.2 Å². The quantitative estimate of drug-likeness (QED) is 0.846. The maximum absolute atomic E-state index is 13.4. The van der Waals surface area contributed by atoms with Crippen molar-refractivity contribution in [1.29, 1.82) is 0 Å². The molecule has 0 saturated carbocycles. The average Bonchev–Trinajstić information content (AvgIpc) is 2.34. The van der Waals surface area contributed by atoms with Crippen molar-refractivity contribution >= 4 is 5.69 Å². The number of rotatable bonds is 3. The monoisotopic (exact) mass is 249 g/mol. The molecule has 2 aromatic carbocycles. The first-order valence-corrected chi connectivity index (χ1v) is 5.50. The minimum absolute atomic E-state index is 0.0575. The molecule has 0 radical (unpaired) electrons. The van der Waals surface area contributed by atoms with Crippen LogP contribution in [0.5, 0.6) is 5.75 Å². The van der Waals surface area contributed by atoms with Crippen LogP contribution in [0.2, 0.25) is 0 Å². The van der Waals surface area contributed by atoms with Crippen molar-refractivity contribution in [3.63, 3.8) is 0 Å². The van der Waals surface area contributed by atoms with Gasteiger partial charge in [0.25, 0.3) is 0 Å². The fourth-order valence-corrected chi connectivity index (χ4v) is 1.57. The molecular formula is C14H13F2NO. The number of aryl methyl sites for hydroxylation is 1. The van der Waals surface area contributed by atoms with Crippen LogP contribution in [0.1, 0.15) is 11.1 Å². The van der Waals surface area contributed by atoms with Gasteiger partial charge in [0.2, 0.25) is 0 Å². The van der Waals surface area contributed by atoms with Crippen molar-refractivity contribution in [3.8, 4) is 5.75 Å². The fourth-order valence-electron chi connectivity index (χ4n) is 1.57. The standard InChI is InChI=1S/C14H13F2NO/c1-9-6-14(13(17)7-12(9)16)18-8-10-4-2-3-5-11(10)15/h2-7H,8,17H2,1H3. The van der Waals surface area contributed by atoms with E-state index in [-0.39, 0.29) is 23.9 Å². The number of benzene rings is 2. The van der Waals surface area contributed by atoms with Crippen molar-refractivity contribution in [2.24, 2.45) is 0 Å². The molecule has 2 aromatic rings. The third-order valence-corrected chi connectivity index (χ3v) is 2.63. The summed E-state index contributed by atoms with van der Waals surface area (Å²) in [5.74, 6) is -0.363. The van der Waals surface area contributed by atoms with Gasteiger partial charge in [-0.1, -0.05) is 18.2 Å². The molecule has 0 amide bonds. The molecule has 2 N–H and O–H groups in total. The van der Waals surface area contributed by atoms with Crippen LogP contribution in [0.4, 0.5) is 14.5 Å². The lowest BCUT2D eigenvalue weighted by Gasteiger charge is -2.10. The largest absolute Gasteiger partial charge is 0.487 e.